The van der Waals surface area contributed by atoms with Gasteiger partial charge in [-0.05, 0) is 81.1 Å². The first-order chi connectivity index (χ1) is 12.1. The fraction of sp³-hybridized carbons (Fsp3) is 0.750. The maximum atomic E-state index is 12.9. The van der Waals surface area contributed by atoms with Gasteiger partial charge in [-0.25, -0.2) is 4.68 Å². The van der Waals surface area contributed by atoms with Crippen LogP contribution < -0.4 is 10.9 Å². The summed E-state index contributed by atoms with van der Waals surface area (Å²) < 4.78 is 1.53. The van der Waals surface area contributed by atoms with Gasteiger partial charge in [0.2, 0.25) is 5.91 Å². The zero-order valence-corrected chi connectivity index (χ0v) is 14.8. The van der Waals surface area contributed by atoms with Crippen LogP contribution >= 0.6 is 0 Å². The van der Waals surface area contributed by atoms with Gasteiger partial charge in [0.1, 0.15) is 0 Å². The summed E-state index contributed by atoms with van der Waals surface area (Å²) in [4.78, 5) is 25.1. The van der Waals surface area contributed by atoms with E-state index >= 15 is 0 Å². The lowest BCUT2D eigenvalue weighted by Crippen LogP contribution is -2.54. The summed E-state index contributed by atoms with van der Waals surface area (Å²) in [7, 11) is 0. The monoisotopic (exact) mass is 341 g/mol. The Hall–Kier alpha value is -1.65. The Morgan fingerprint density at radius 3 is 2.52 bits per heavy atom. The van der Waals surface area contributed by atoms with Crippen LogP contribution in [0.3, 0.4) is 0 Å². The Balaban J connectivity index is 1.24. The lowest BCUT2D eigenvalue weighted by molar-refractivity contribution is -0.146. The molecule has 5 heteroatoms. The number of nitrogens with one attached hydrogen (secondary N) is 1. The van der Waals surface area contributed by atoms with E-state index < -0.39 is 0 Å². The molecule has 1 amide bonds. The van der Waals surface area contributed by atoms with Gasteiger partial charge in [0.05, 0.1) is 12.2 Å². The summed E-state index contributed by atoms with van der Waals surface area (Å²) in [5, 5.41) is 7.64. The fourth-order valence-corrected chi connectivity index (χ4v) is 6.45. The third kappa shape index (κ3) is 2.63. The molecule has 0 atom stereocenters. The lowest BCUT2D eigenvalue weighted by Gasteiger charge is -2.55. The number of nitrogens with zero attached hydrogens (tertiary/aromatic N) is 2. The normalized spacial score (nSPS) is 35.0. The van der Waals surface area contributed by atoms with Crippen molar-refractivity contribution in [1.29, 1.82) is 0 Å². The number of amides is 1. The second kappa shape index (κ2) is 5.68. The third-order valence-electron chi connectivity index (χ3n) is 7.15. The quantitative estimate of drug-likeness (QED) is 0.912. The Bertz CT molecular complexity index is 731. The average Bonchev–Trinajstić information content (AvgIpc) is 3.00. The molecule has 0 aliphatic heterocycles. The van der Waals surface area contributed by atoms with Crippen LogP contribution in [0, 0.1) is 23.2 Å². The van der Waals surface area contributed by atoms with E-state index in [2.05, 4.69) is 10.4 Å². The van der Waals surface area contributed by atoms with Gasteiger partial charge < -0.3 is 5.32 Å². The molecule has 0 spiro atoms. The van der Waals surface area contributed by atoms with E-state index in [1.54, 1.807) is 6.07 Å². The molecule has 0 aromatic carbocycles. The number of aromatic nitrogens is 2. The van der Waals surface area contributed by atoms with E-state index in [1.807, 2.05) is 0 Å². The summed E-state index contributed by atoms with van der Waals surface area (Å²) in [6.45, 7) is 0.983. The molecular formula is C20H27N3O2. The molecule has 0 radical (unpaired) electrons. The van der Waals surface area contributed by atoms with Gasteiger partial charge in [-0.15, -0.1) is 0 Å². The number of carbonyl (C=O) groups is 1. The molecule has 4 saturated carbocycles. The van der Waals surface area contributed by atoms with Crippen molar-refractivity contribution in [2.24, 2.45) is 23.2 Å². The van der Waals surface area contributed by atoms with E-state index in [0.717, 1.165) is 67.5 Å². The molecule has 1 aromatic heterocycles. The zero-order valence-electron chi connectivity index (χ0n) is 14.8. The maximum Gasteiger partial charge on any atom is 0.267 e. The molecular weight excluding hydrogens is 314 g/mol. The van der Waals surface area contributed by atoms with E-state index in [1.165, 1.54) is 23.9 Å². The summed E-state index contributed by atoms with van der Waals surface area (Å²) in [5.74, 6) is 2.56. The second-order valence-corrected chi connectivity index (χ2v) is 8.98. The number of rotatable bonds is 4. The van der Waals surface area contributed by atoms with E-state index in [4.69, 9.17) is 0 Å². The van der Waals surface area contributed by atoms with Crippen LogP contribution in [-0.2, 0) is 24.2 Å². The minimum absolute atomic E-state index is 0.0373. The van der Waals surface area contributed by atoms with Gasteiger partial charge in [0.25, 0.3) is 5.56 Å². The van der Waals surface area contributed by atoms with Crippen molar-refractivity contribution in [3.05, 3.63) is 27.7 Å². The fourth-order valence-electron chi connectivity index (χ4n) is 6.45. The number of aryl methyl sites for hydroxylation is 2. The molecule has 0 saturated heterocycles. The molecule has 5 aliphatic rings. The number of hydrogen-bond acceptors (Lipinski definition) is 3. The van der Waals surface area contributed by atoms with Crippen molar-refractivity contribution in [3.8, 4) is 0 Å². The molecule has 1 heterocycles. The summed E-state index contributed by atoms with van der Waals surface area (Å²) in [5.41, 5.74) is 2.03. The topological polar surface area (TPSA) is 64.0 Å². The second-order valence-electron chi connectivity index (χ2n) is 8.98. The van der Waals surface area contributed by atoms with Crippen molar-refractivity contribution in [3.63, 3.8) is 0 Å². The van der Waals surface area contributed by atoms with Crippen LogP contribution in [0.1, 0.15) is 56.2 Å². The van der Waals surface area contributed by atoms with Crippen LogP contribution in [0.4, 0.5) is 0 Å². The lowest BCUT2D eigenvalue weighted by atomic mass is 9.49. The van der Waals surface area contributed by atoms with Crippen molar-refractivity contribution >= 4 is 5.91 Å². The Labute approximate surface area is 148 Å². The predicted molar refractivity (Wildman–Crippen MR) is 94.1 cm³/mol. The van der Waals surface area contributed by atoms with Crippen molar-refractivity contribution < 1.29 is 4.79 Å². The first kappa shape index (κ1) is 15.6. The Kier molecular flexibility index (Phi) is 3.54. The van der Waals surface area contributed by atoms with E-state index in [0.29, 0.717) is 13.1 Å². The molecule has 5 aliphatic carbocycles. The number of hydrogen-bond donors (Lipinski definition) is 1. The van der Waals surface area contributed by atoms with Gasteiger partial charge in [-0.3, -0.25) is 9.59 Å². The first-order valence-electron chi connectivity index (χ1n) is 9.99. The highest BCUT2D eigenvalue weighted by atomic mass is 16.2. The summed E-state index contributed by atoms with van der Waals surface area (Å²) in [6.07, 6.45) is 10.3. The number of fused-ring (bicyclic) bond motifs is 1. The molecule has 1 aromatic rings. The molecule has 25 heavy (non-hydrogen) atoms. The van der Waals surface area contributed by atoms with E-state index in [9.17, 15) is 9.59 Å². The molecule has 134 valence electrons. The SMILES string of the molecule is O=C(NCCn1nc2c(cc1=O)CCC2)C12CC3CC(CC(C3)C1)C2. The van der Waals surface area contributed by atoms with Gasteiger partial charge in [0.15, 0.2) is 0 Å². The Morgan fingerprint density at radius 1 is 1.16 bits per heavy atom. The standard InChI is InChI=1S/C20H27N3O2/c24-18-9-16-2-1-3-17(16)22-23(18)5-4-21-19(25)20-10-13-6-14(11-20)8-15(7-13)12-20/h9,13-15H,1-8,10-12H2,(H,21,25). The minimum atomic E-state index is -0.106. The van der Waals surface area contributed by atoms with Crippen molar-refractivity contribution in [2.75, 3.05) is 6.54 Å². The molecule has 0 unspecified atom stereocenters. The Morgan fingerprint density at radius 2 is 1.84 bits per heavy atom. The van der Waals surface area contributed by atoms with Gasteiger partial charge in [-0.2, -0.15) is 5.10 Å². The van der Waals surface area contributed by atoms with Crippen LogP contribution in [-0.4, -0.2) is 22.2 Å². The molecule has 5 nitrogen and oxygen atoms in total. The van der Waals surface area contributed by atoms with Crippen LogP contribution in [0.25, 0.3) is 0 Å². The van der Waals surface area contributed by atoms with Gasteiger partial charge in [-0.1, -0.05) is 0 Å². The highest BCUT2D eigenvalue weighted by molar-refractivity contribution is 5.83. The molecule has 6 rings (SSSR count). The molecule has 4 fully saturated rings. The summed E-state index contributed by atoms with van der Waals surface area (Å²) in [6, 6.07) is 1.73. The van der Waals surface area contributed by atoms with E-state index in [-0.39, 0.29) is 16.9 Å². The number of carbonyl (C=O) groups excluding carboxylic acids is 1. The molecule has 4 bridgehead atoms. The minimum Gasteiger partial charge on any atom is -0.354 e. The largest absolute Gasteiger partial charge is 0.354 e. The predicted octanol–water partition coefficient (Wildman–Crippen LogP) is 2.06. The van der Waals surface area contributed by atoms with Crippen LogP contribution in [0.2, 0.25) is 0 Å². The van der Waals surface area contributed by atoms with Crippen molar-refractivity contribution in [1.82, 2.24) is 15.1 Å². The first-order valence-corrected chi connectivity index (χ1v) is 9.99. The highest BCUT2D eigenvalue weighted by Gasteiger charge is 2.54. The van der Waals surface area contributed by atoms with Gasteiger partial charge >= 0.3 is 0 Å². The smallest absolute Gasteiger partial charge is 0.267 e. The highest BCUT2D eigenvalue weighted by Crippen LogP contribution is 2.60. The van der Waals surface area contributed by atoms with Crippen LogP contribution in [0.15, 0.2) is 10.9 Å². The van der Waals surface area contributed by atoms with Crippen molar-refractivity contribution in [2.45, 2.75) is 64.3 Å². The summed E-state index contributed by atoms with van der Waals surface area (Å²) >= 11 is 0. The van der Waals surface area contributed by atoms with Gasteiger partial charge in [0, 0.05) is 18.0 Å². The average molecular weight is 341 g/mol. The van der Waals surface area contributed by atoms with Crippen LogP contribution in [0.5, 0.6) is 0 Å². The zero-order chi connectivity index (χ0) is 17.0. The third-order valence-corrected chi connectivity index (χ3v) is 7.15. The maximum absolute atomic E-state index is 12.9. The molecule has 1 N–H and O–H groups in total.